The maximum Gasteiger partial charge on any atom is 0.267 e. The first-order valence-corrected chi connectivity index (χ1v) is 8.86. The van der Waals surface area contributed by atoms with Gasteiger partial charge in [-0.3, -0.25) is 9.40 Å². The third kappa shape index (κ3) is 2.88. The molecular formula is C14H14N4O2S2. The summed E-state index contributed by atoms with van der Waals surface area (Å²) in [6, 6.07) is 9.22. The lowest BCUT2D eigenvalue weighted by Crippen LogP contribution is -2.13. The van der Waals surface area contributed by atoms with Crippen LogP contribution in [0, 0.1) is 6.92 Å². The van der Waals surface area contributed by atoms with E-state index >= 15 is 0 Å². The monoisotopic (exact) mass is 334 g/mol. The quantitative estimate of drug-likeness (QED) is 0.796. The molecule has 3 aromatic rings. The van der Waals surface area contributed by atoms with Crippen molar-refractivity contribution in [2.45, 2.75) is 11.8 Å². The maximum absolute atomic E-state index is 12.6. The number of aromatic nitrogens is 3. The molecule has 6 nitrogen and oxygen atoms in total. The first-order valence-electron chi connectivity index (χ1n) is 6.50. The van der Waals surface area contributed by atoms with Gasteiger partial charge in [-0.25, -0.2) is 13.4 Å². The minimum atomic E-state index is -3.74. The van der Waals surface area contributed by atoms with Crippen molar-refractivity contribution in [3.63, 3.8) is 0 Å². The Kier molecular flexibility index (Phi) is 3.71. The van der Waals surface area contributed by atoms with Gasteiger partial charge in [0.05, 0.1) is 5.69 Å². The highest BCUT2D eigenvalue weighted by Crippen LogP contribution is 2.27. The number of rotatable bonds is 4. The van der Waals surface area contributed by atoms with Gasteiger partial charge in [-0.15, -0.1) is 11.3 Å². The van der Waals surface area contributed by atoms with Gasteiger partial charge in [-0.2, -0.15) is 5.10 Å². The van der Waals surface area contributed by atoms with E-state index in [9.17, 15) is 8.42 Å². The summed E-state index contributed by atoms with van der Waals surface area (Å²) in [6.07, 6.45) is 1.49. The first kappa shape index (κ1) is 14.7. The van der Waals surface area contributed by atoms with E-state index in [0.717, 1.165) is 11.3 Å². The fourth-order valence-electron chi connectivity index (χ4n) is 2.03. The summed E-state index contributed by atoms with van der Waals surface area (Å²) in [4.78, 5) is 4.26. The Bertz CT molecular complexity index is 898. The van der Waals surface area contributed by atoms with Crippen LogP contribution < -0.4 is 4.72 Å². The molecule has 114 valence electrons. The van der Waals surface area contributed by atoms with E-state index < -0.39 is 10.0 Å². The van der Waals surface area contributed by atoms with Crippen molar-refractivity contribution in [2.75, 3.05) is 4.72 Å². The molecule has 0 radical (unpaired) electrons. The number of hydrogen-bond acceptors (Lipinski definition) is 5. The highest BCUT2D eigenvalue weighted by Gasteiger charge is 2.24. The van der Waals surface area contributed by atoms with E-state index in [-0.39, 0.29) is 4.90 Å². The Morgan fingerprint density at radius 2 is 1.95 bits per heavy atom. The number of aryl methyl sites for hydroxylation is 2. The Balaban J connectivity index is 2.04. The second kappa shape index (κ2) is 5.54. The minimum absolute atomic E-state index is 0.133. The van der Waals surface area contributed by atoms with Crippen molar-refractivity contribution in [3.8, 4) is 11.3 Å². The fraction of sp³-hybridized carbons (Fsp3) is 0.143. The van der Waals surface area contributed by atoms with E-state index in [1.54, 1.807) is 12.4 Å². The number of anilines is 1. The molecular weight excluding hydrogens is 320 g/mol. The number of thiazole rings is 1. The number of hydrogen-bond donors (Lipinski definition) is 1. The highest BCUT2D eigenvalue weighted by atomic mass is 32.2. The van der Waals surface area contributed by atoms with Gasteiger partial charge < -0.3 is 0 Å². The Morgan fingerprint density at radius 3 is 2.59 bits per heavy atom. The molecule has 0 fully saturated rings. The molecule has 0 atom stereocenters. The van der Waals surface area contributed by atoms with Crippen molar-refractivity contribution >= 4 is 26.5 Å². The molecule has 2 aromatic heterocycles. The van der Waals surface area contributed by atoms with Crippen molar-refractivity contribution in [2.24, 2.45) is 7.05 Å². The van der Waals surface area contributed by atoms with Crippen LogP contribution in [0.2, 0.25) is 0 Å². The summed E-state index contributed by atoms with van der Waals surface area (Å²) in [5.74, 6) is 0. The zero-order chi connectivity index (χ0) is 15.7. The lowest BCUT2D eigenvalue weighted by Gasteiger charge is -2.05. The Labute approximate surface area is 132 Å². The summed E-state index contributed by atoms with van der Waals surface area (Å²) >= 11 is 1.25. The lowest BCUT2D eigenvalue weighted by molar-refractivity contribution is 0.601. The summed E-state index contributed by atoms with van der Waals surface area (Å²) in [5, 5.41) is 6.41. The van der Waals surface area contributed by atoms with Gasteiger partial charge in [0.1, 0.15) is 10.6 Å². The second-order valence-corrected chi connectivity index (χ2v) is 7.29. The Morgan fingerprint density at radius 1 is 1.23 bits per heavy atom. The summed E-state index contributed by atoms with van der Waals surface area (Å²) < 4.78 is 29.2. The van der Waals surface area contributed by atoms with Gasteiger partial charge >= 0.3 is 0 Å². The van der Waals surface area contributed by atoms with Crippen LogP contribution in [0.5, 0.6) is 0 Å². The molecule has 0 amide bonds. The van der Waals surface area contributed by atoms with Crippen LogP contribution in [-0.4, -0.2) is 23.2 Å². The molecule has 22 heavy (non-hydrogen) atoms. The predicted molar refractivity (Wildman–Crippen MR) is 86.3 cm³/mol. The molecule has 0 bridgehead atoms. The topological polar surface area (TPSA) is 76.9 Å². The van der Waals surface area contributed by atoms with Crippen molar-refractivity contribution in [3.05, 3.63) is 47.6 Å². The SMILES string of the molecule is Cc1csc(NS(=O)(=O)c2cn(C)nc2-c2ccccc2)n1. The number of nitrogens with zero attached hydrogens (tertiary/aromatic N) is 3. The normalized spacial score (nSPS) is 11.5. The van der Waals surface area contributed by atoms with E-state index in [4.69, 9.17) is 0 Å². The zero-order valence-electron chi connectivity index (χ0n) is 12.0. The number of benzene rings is 1. The number of sulfonamides is 1. The van der Waals surface area contributed by atoms with E-state index in [0.29, 0.717) is 10.8 Å². The van der Waals surface area contributed by atoms with Crippen molar-refractivity contribution in [1.82, 2.24) is 14.8 Å². The highest BCUT2D eigenvalue weighted by molar-refractivity contribution is 7.93. The van der Waals surface area contributed by atoms with Gasteiger partial charge in [0.2, 0.25) is 0 Å². The van der Waals surface area contributed by atoms with Gasteiger partial charge in [0, 0.05) is 24.2 Å². The average Bonchev–Trinajstić information content (AvgIpc) is 3.06. The predicted octanol–water partition coefficient (Wildman–Crippen LogP) is 2.65. The average molecular weight is 334 g/mol. The molecule has 0 spiro atoms. The Hall–Kier alpha value is -2.19. The third-order valence-corrected chi connectivity index (χ3v) is 5.32. The fourth-order valence-corrected chi connectivity index (χ4v) is 4.17. The van der Waals surface area contributed by atoms with Crippen LogP contribution in [-0.2, 0) is 17.1 Å². The number of nitrogens with one attached hydrogen (secondary N) is 1. The van der Waals surface area contributed by atoms with Crippen molar-refractivity contribution < 1.29 is 8.42 Å². The van der Waals surface area contributed by atoms with Crippen LogP contribution in [0.1, 0.15) is 5.69 Å². The molecule has 3 rings (SSSR count). The summed E-state index contributed by atoms with van der Waals surface area (Å²) in [5.41, 5.74) is 1.94. The van der Waals surface area contributed by atoms with Crippen LogP contribution in [0.15, 0.2) is 46.8 Å². The smallest absolute Gasteiger partial charge is 0.267 e. The standard InChI is InChI=1S/C14H14N4O2S2/c1-10-9-21-14(15-10)17-22(19,20)12-8-18(2)16-13(12)11-6-4-3-5-7-11/h3-9H,1-2H3,(H,15,17). The molecule has 0 saturated heterocycles. The maximum atomic E-state index is 12.6. The molecule has 0 aliphatic rings. The van der Waals surface area contributed by atoms with Crippen LogP contribution in [0.4, 0.5) is 5.13 Å². The third-order valence-electron chi connectivity index (χ3n) is 2.97. The van der Waals surface area contributed by atoms with Crippen molar-refractivity contribution in [1.29, 1.82) is 0 Å². The van der Waals surface area contributed by atoms with E-state index in [2.05, 4.69) is 14.8 Å². The van der Waals surface area contributed by atoms with Crippen LogP contribution in [0.25, 0.3) is 11.3 Å². The molecule has 2 heterocycles. The van der Waals surface area contributed by atoms with E-state index in [1.165, 1.54) is 22.2 Å². The molecule has 0 unspecified atom stereocenters. The summed E-state index contributed by atoms with van der Waals surface area (Å²) in [7, 11) is -2.05. The molecule has 1 aromatic carbocycles. The largest absolute Gasteiger partial charge is 0.274 e. The summed E-state index contributed by atoms with van der Waals surface area (Å²) in [6.45, 7) is 1.81. The first-order chi connectivity index (χ1) is 10.5. The molecule has 0 aliphatic heterocycles. The van der Waals surface area contributed by atoms with Crippen LogP contribution in [0.3, 0.4) is 0 Å². The van der Waals surface area contributed by atoms with Gasteiger partial charge in [0.25, 0.3) is 10.0 Å². The second-order valence-electron chi connectivity index (χ2n) is 4.78. The minimum Gasteiger partial charge on any atom is -0.274 e. The molecule has 0 aliphatic carbocycles. The molecule has 8 heteroatoms. The van der Waals surface area contributed by atoms with Crippen LogP contribution >= 0.6 is 11.3 Å². The molecule has 0 saturated carbocycles. The van der Waals surface area contributed by atoms with E-state index in [1.807, 2.05) is 37.3 Å². The van der Waals surface area contributed by atoms with Gasteiger partial charge in [-0.05, 0) is 6.92 Å². The van der Waals surface area contributed by atoms with Gasteiger partial charge in [0.15, 0.2) is 5.13 Å². The lowest BCUT2D eigenvalue weighted by atomic mass is 10.2. The van der Waals surface area contributed by atoms with Gasteiger partial charge in [-0.1, -0.05) is 30.3 Å². The zero-order valence-corrected chi connectivity index (χ0v) is 13.6. The molecule has 1 N–H and O–H groups in total.